The molecule has 0 aliphatic heterocycles. The molecule has 0 fully saturated rings. The molecule has 0 heterocycles. The van der Waals surface area contributed by atoms with Crippen LogP contribution in [-0.4, -0.2) is 54.3 Å². The molecule has 352 valence electrons. The number of phosphoric ester groups is 1. The van der Waals surface area contributed by atoms with E-state index in [0.29, 0.717) is 6.42 Å². The molecule has 0 aromatic rings. The van der Waals surface area contributed by atoms with Gasteiger partial charge in [0, 0.05) is 19.4 Å². The zero-order valence-electron chi connectivity index (χ0n) is 38.9. The van der Waals surface area contributed by atoms with Crippen LogP contribution in [0.1, 0.15) is 239 Å². The summed E-state index contributed by atoms with van der Waals surface area (Å²) < 4.78 is 27.0. The van der Waals surface area contributed by atoms with Crippen molar-refractivity contribution in [2.45, 2.75) is 245 Å². The van der Waals surface area contributed by atoms with Gasteiger partial charge in [0.25, 0.3) is 0 Å². The van der Waals surface area contributed by atoms with Gasteiger partial charge in [0.2, 0.25) is 5.91 Å². The van der Waals surface area contributed by atoms with Gasteiger partial charge in [0.1, 0.15) is 12.7 Å². The summed E-state index contributed by atoms with van der Waals surface area (Å²) in [6.45, 7) is 3.55. The lowest BCUT2D eigenvalue weighted by molar-refractivity contribution is -0.147. The fourth-order valence-electron chi connectivity index (χ4n) is 6.99. The number of carbonyl (C=O) groups is 2. The van der Waals surface area contributed by atoms with Crippen molar-refractivity contribution >= 4 is 19.7 Å². The molecule has 0 aliphatic carbocycles. The van der Waals surface area contributed by atoms with Crippen LogP contribution in [0, 0.1) is 0 Å². The number of unbranched alkanes of at least 4 members (excludes halogenated alkanes) is 28. The average molecular weight is 868 g/mol. The van der Waals surface area contributed by atoms with Crippen molar-refractivity contribution in [3.63, 3.8) is 0 Å². The molecular weight excluding hydrogens is 774 g/mol. The minimum absolute atomic E-state index is 0.0814. The largest absolute Gasteiger partial charge is 0.472 e. The number of aliphatic hydroxyl groups excluding tert-OH is 1. The van der Waals surface area contributed by atoms with Crippen LogP contribution in [0.4, 0.5) is 0 Å². The number of phosphoric acid groups is 1. The molecule has 0 aliphatic rings. The number of hydrogen-bond acceptors (Lipinski definition) is 7. The second-order valence-electron chi connectivity index (χ2n) is 16.8. The zero-order valence-corrected chi connectivity index (χ0v) is 39.8. The molecule has 0 spiro atoms. The Morgan fingerprint density at radius 1 is 0.517 bits per heavy atom. The molecule has 0 saturated carbocycles. The van der Waals surface area contributed by atoms with Gasteiger partial charge >= 0.3 is 13.8 Å². The van der Waals surface area contributed by atoms with Crippen LogP contribution in [0.3, 0.4) is 0 Å². The number of amides is 1. The summed E-state index contributed by atoms with van der Waals surface area (Å²) in [4.78, 5) is 34.0. The van der Waals surface area contributed by atoms with Gasteiger partial charge in [0.05, 0.1) is 13.2 Å². The van der Waals surface area contributed by atoms with Crippen LogP contribution in [0.25, 0.3) is 0 Å². The molecule has 3 N–H and O–H groups in total. The third-order valence-corrected chi connectivity index (χ3v) is 11.8. The Bertz CT molecular complexity index is 1080. The first-order valence-electron chi connectivity index (χ1n) is 25.0. The van der Waals surface area contributed by atoms with Crippen LogP contribution in [0.15, 0.2) is 36.5 Å². The van der Waals surface area contributed by atoms with Crippen molar-refractivity contribution in [1.29, 1.82) is 0 Å². The molecule has 0 rings (SSSR count). The molecule has 1 amide bonds. The number of esters is 1. The summed E-state index contributed by atoms with van der Waals surface area (Å²) in [5.41, 5.74) is 0. The SMILES string of the molecule is CCCCCC/C=C\C/C=C\CCCCCCCCCC(=O)OCC(O)COP(=O)(O)OCCNC(=O)CCCCCCCCCCCCC/C=C/CCCCCCCC. The number of hydrogen-bond donors (Lipinski definition) is 3. The molecule has 0 aromatic heterocycles. The van der Waals surface area contributed by atoms with Crippen LogP contribution in [0.2, 0.25) is 0 Å². The minimum Gasteiger partial charge on any atom is -0.463 e. The number of allylic oxidation sites excluding steroid dienone is 6. The lowest BCUT2D eigenvalue weighted by atomic mass is 10.0. The van der Waals surface area contributed by atoms with Crippen molar-refractivity contribution in [3.05, 3.63) is 36.5 Å². The fourth-order valence-corrected chi connectivity index (χ4v) is 7.75. The molecule has 2 unspecified atom stereocenters. The van der Waals surface area contributed by atoms with E-state index in [-0.39, 0.29) is 32.1 Å². The Morgan fingerprint density at radius 2 is 0.900 bits per heavy atom. The zero-order chi connectivity index (χ0) is 43.9. The van der Waals surface area contributed by atoms with E-state index in [1.165, 1.54) is 154 Å². The molecule has 0 saturated heterocycles. The number of nitrogens with one attached hydrogen (secondary N) is 1. The van der Waals surface area contributed by atoms with E-state index in [0.717, 1.165) is 57.8 Å². The van der Waals surface area contributed by atoms with Gasteiger partial charge in [-0.2, -0.15) is 0 Å². The third kappa shape index (κ3) is 47.3. The highest BCUT2D eigenvalue weighted by molar-refractivity contribution is 7.47. The Balaban J connectivity index is 3.56. The third-order valence-electron chi connectivity index (χ3n) is 10.8. The summed E-state index contributed by atoms with van der Waals surface area (Å²) >= 11 is 0. The Morgan fingerprint density at radius 3 is 1.37 bits per heavy atom. The van der Waals surface area contributed by atoms with Crippen molar-refractivity contribution < 1.29 is 37.9 Å². The lowest BCUT2D eigenvalue weighted by Crippen LogP contribution is -2.27. The highest BCUT2D eigenvalue weighted by atomic mass is 31.2. The minimum atomic E-state index is -4.42. The first-order chi connectivity index (χ1) is 29.3. The van der Waals surface area contributed by atoms with Crippen LogP contribution in [0.5, 0.6) is 0 Å². The van der Waals surface area contributed by atoms with Crippen molar-refractivity contribution in [2.24, 2.45) is 0 Å². The Labute approximate surface area is 369 Å². The van der Waals surface area contributed by atoms with E-state index in [1.807, 2.05) is 0 Å². The van der Waals surface area contributed by atoms with E-state index in [4.69, 9.17) is 13.8 Å². The first kappa shape index (κ1) is 58.2. The van der Waals surface area contributed by atoms with E-state index < -0.39 is 26.5 Å². The van der Waals surface area contributed by atoms with Gasteiger partial charge in [-0.3, -0.25) is 18.6 Å². The van der Waals surface area contributed by atoms with E-state index in [2.05, 4.69) is 55.6 Å². The molecule has 60 heavy (non-hydrogen) atoms. The molecule has 0 aromatic carbocycles. The standard InChI is InChI=1S/C50H94NO8P/c1-3-5-7-9-11-13-15-17-19-21-23-24-25-26-28-30-32-34-36-38-40-42-49(53)51-44-45-58-60(55,56)59-47-48(52)46-57-50(54)43-41-39-37-35-33-31-29-27-22-20-18-16-14-12-10-8-6-4-2/h14,16-17,19-20,22,48,52H,3-13,15,18,21,23-47H2,1-2H3,(H,51,53)(H,55,56)/b16-14-,19-17+,22-20-. The number of ether oxygens (including phenoxy) is 1. The number of carbonyl (C=O) groups excluding carboxylic acids is 2. The molecule has 2 atom stereocenters. The first-order valence-corrected chi connectivity index (χ1v) is 26.5. The maximum absolute atomic E-state index is 12.1. The van der Waals surface area contributed by atoms with Gasteiger partial charge in [-0.05, 0) is 70.6 Å². The average Bonchev–Trinajstić information content (AvgIpc) is 3.23. The maximum Gasteiger partial charge on any atom is 0.472 e. The second kappa shape index (κ2) is 46.7. The maximum atomic E-state index is 12.1. The highest BCUT2D eigenvalue weighted by Crippen LogP contribution is 2.42. The Hall–Kier alpha value is -1.77. The van der Waals surface area contributed by atoms with Gasteiger partial charge in [-0.15, -0.1) is 0 Å². The summed E-state index contributed by atoms with van der Waals surface area (Å²) in [7, 11) is -4.42. The van der Waals surface area contributed by atoms with E-state index in [9.17, 15) is 24.2 Å². The molecule has 9 nitrogen and oxygen atoms in total. The molecular formula is C50H94NO8P. The van der Waals surface area contributed by atoms with E-state index in [1.54, 1.807) is 0 Å². The van der Waals surface area contributed by atoms with Crippen molar-refractivity contribution in [3.8, 4) is 0 Å². The Kier molecular flexibility index (Phi) is 45.3. The van der Waals surface area contributed by atoms with Crippen molar-refractivity contribution in [1.82, 2.24) is 5.32 Å². The highest BCUT2D eigenvalue weighted by Gasteiger charge is 2.23. The summed E-state index contributed by atoms with van der Waals surface area (Å²) in [5, 5.41) is 12.7. The van der Waals surface area contributed by atoms with Gasteiger partial charge in [0.15, 0.2) is 0 Å². The van der Waals surface area contributed by atoms with Gasteiger partial charge < -0.3 is 20.1 Å². The van der Waals surface area contributed by atoms with Crippen LogP contribution in [-0.2, 0) is 27.9 Å². The number of aliphatic hydroxyl groups is 1. The number of rotatable bonds is 47. The fraction of sp³-hybridized carbons (Fsp3) is 0.840. The quantitative estimate of drug-likeness (QED) is 0.0238. The van der Waals surface area contributed by atoms with Crippen molar-refractivity contribution in [2.75, 3.05) is 26.4 Å². The predicted molar refractivity (Wildman–Crippen MR) is 252 cm³/mol. The van der Waals surface area contributed by atoms with Crippen LogP contribution < -0.4 is 5.32 Å². The van der Waals surface area contributed by atoms with Gasteiger partial charge in [-0.1, -0.05) is 192 Å². The monoisotopic (exact) mass is 868 g/mol. The summed E-state index contributed by atoms with van der Waals surface area (Å²) in [5.74, 6) is -0.519. The molecule has 0 bridgehead atoms. The van der Waals surface area contributed by atoms with Crippen LogP contribution >= 0.6 is 7.82 Å². The smallest absolute Gasteiger partial charge is 0.463 e. The summed E-state index contributed by atoms with van der Waals surface area (Å²) in [6, 6.07) is 0. The second-order valence-corrected chi connectivity index (χ2v) is 18.2. The molecule has 10 heteroatoms. The topological polar surface area (TPSA) is 131 Å². The molecule has 0 radical (unpaired) electrons. The summed E-state index contributed by atoms with van der Waals surface area (Å²) in [6.07, 6.45) is 53.6. The normalized spacial score (nSPS) is 13.5. The predicted octanol–water partition coefficient (Wildman–Crippen LogP) is 14.5. The van der Waals surface area contributed by atoms with E-state index >= 15 is 0 Å². The lowest BCUT2D eigenvalue weighted by Gasteiger charge is -2.15. The van der Waals surface area contributed by atoms with Gasteiger partial charge in [-0.25, -0.2) is 4.57 Å².